The Bertz CT molecular complexity index is 1000. The molecule has 1 atom stereocenters. The molecule has 0 aliphatic rings. The topological polar surface area (TPSA) is 75.0 Å². The molecular weight excluding hydrogens is 336 g/mol. The van der Waals surface area contributed by atoms with Crippen molar-refractivity contribution in [2.24, 2.45) is 0 Å². The molecule has 26 heavy (non-hydrogen) atoms. The number of ether oxygens (including phenoxy) is 3. The van der Waals surface area contributed by atoms with Gasteiger partial charge in [-0.05, 0) is 43.7 Å². The van der Waals surface area contributed by atoms with Crippen LogP contribution in [0.3, 0.4) is 0 Å². The minimum absolute atomic E-state index is 0.0969. The van der Waals surface area contributed by atoms with Gasteiger partial charge in [0.25, 0.3) is 0 Å². The summed E-state index contributed by atoms with van der Waals surface area (Å²) in [5.74, 6) is 0.558. The smallest absolute Gasteiger partial charge is 0.346 e. The van der Waals surface area contributed by atoms with Gasteiger partial charge in [0, 0.05) is 6.07 Å². The van der Waals surface area contributed by atoms with Gasteiger partial charge in [-0.1, -0.05) is 12.1 Å². The summed E-state index contributed by atoms with van der Waals surface area (Å²) in [6.45, 7) is 3.51. The predicted octanol–water partition coefficient (Wildman–Crippen LogP) is 3.83. The van der Waals surface area contributed by atoms with E-state index in [1.54, 1.807) is 31.2 Å². The van der Waals surface area contributed by atoms with Gasteiger partial charge in [0.05, 0.1) is 12.5 Å². The summed E-state index contributed by atoms with van der Waals surface area (Å²) in [6, 6.07) is 12.1. The quantitative estimate of drug-likeness (QED) is 0.648. The van der Waals surface area contributed by atoms with Gasteiger partial charge in [0.1, 0.15) is 23.3 Å². The lowest BCUT2D eigenvalue weighted by Gasteiger charge is -2.12. The molecule has 0 aliphatic carbocycles. The van der Waals surface area contributed by atoms with Crippen LogP contribution < -0.4 is 14.9 Å². The lowest BCUT2D eigenvalue weighted by Crippen LogP contribution is -2.24. The first-order valence-electron chi connectivity index (χ1n) is 8.02. The molecule has 134 valence electrons. The third-order valence-corrected chi connectivity index (χ3v) is 3.78. The number of fused-ring (bicyclic) bond motifs is 1. The molecule has 0 fully saturated rings. The summed E-state index contributed by atoms with van der Waals surface area (Å²) in [5, 5.41) is 0.355. The maximum atomic E-state index is 12.6. The minimum Gasteiger partial charge on any atom is -0.479 e. The Hall–Kier alpha value is -3.28. The van der Waals surface area contributed by atoms with Gasteiger partial charge in [-0.3, -0.25) is 4.79 Å². The fourth-order valence-corrected chi connectivity index (χ4v) is 2.46. The van der Waals surface area contributed by atoms with E-state index in [9.17, 15) is 9.59 Å². The zero-order valence-corrected chi connectivity index (χ0v) is 14.6. The van der Waals surface area contributed by atoms with E-state index in [0.29, 0.717) is 22.5 Å². The van der Waals surface area contributed by atoms with Crippen molar-refractivity contribution in [2.75, 3.05) is 7.11 Å². The normalized spacial score (nSPS) is 11.8. The molecule has 6 nitrogen and oxygen atoms in total. The maximum absolute atomic E-state index is 12.6. The van der Waals surface area contributed by atoms with Crippen molar-refractivity contribution in [3.8, 4) is 17.2 Å². The third kappa shape index (κ3) is 3.69. The van der Waals surface area contributed by atoms with Crippen LogP contribution in [0.25, 0.3) is 11.0 Å². The van der Waals surface area contributed by atoms with E-state index in [2.05, 4.69) is 4.74 Å². The number of esters is 1. The van der Waals surface area contributed by atoms with Crippen LogP contribution in [0.15, 0.2) is 57.9 Å². The van der Waals surface area contributed by atoms with E-state index in [1.807, 2.05) is 25.1 Å². The number of rotatable bonds is 5. The van der Waals surface area contributed by atoms with E-state index >= 15 is 0 Å². The molecule has 0 saturated carbocycles. The number of carbonyl (C=O) groups is 1. The molecule has 6 heteroatoms. The lowest BCUT2D eigenvalue weighted by atomic mass is 10.2. The lowest BCUT2D eigenvalue weighted by molar-refractivity contribution is -0.147. The molecular formula is C20H18O6. The van der Waals surface area contributed by atoms with Gasteiger partial charge >= 0.3 is 5.97 Å². The Kier molecular flexibility index (Phi) is 4.93. The molecule has 2 aromatic carbocycles. The van der Waals surface area contributed by atoms with Crippen LogP contribution >= 0.6 is 0 Å². The molecule has 0 spiro atoms. The summed E-state index contributed by atoms with van der Waals surface area (Å²) < 4.78 is 21.3. The van der Waals surface area contributed by atoms with Crippen LogP contribution in [-0.4, -0.2) is 19.2 Å². The fraction of sp³-hybridized carbons (Fsp3) is 0.200. The molecule has 3 rings (SSSR count). The van der Waals surface area contributed by atoms with Crippen molar-refractivity contribution < 1.29 is 23.4 Å². The summed E-state index contributed by atoms with van der Waals surface area (Å²) in [4.78, 5) is 24.0. The summed E-state index contributed by atoms with van der Waals surface area (Å²) in [5.41, 5.74) is 1.07. The van der Waals surface area contributed by atoms with Gasteiger partial charge in [-0.2, -0.15) is 0 Å². The van der Waals surface area contributed by atoms with Crippen molar-refractivity contribution in [3.63, 3.8) is 0 Å². The van der Waals surface area contributed by atoms with E-state index in [1.165, 1.54) is 13.4 Å². The number of hydrogen-bond donors (Lipinski definition) is 0. The van der Waals surface area contributed by atoms with E-state index in [-0.39, 0.29) is 11.2 Å². The third-order valence-electron chi connectivity index (χ3n) is 3.78. The molecule has 1 heterocycles. The van der Waals surface area contributed by atoms with Gasteiger partial charge in [0.2, 0.25) is 11.2 Å². The summed E-state index contributed by atoms with van der Waals surface area (Å²) in [7, 11) is 1.29. The second kappa shape index (κ2) is 7.31. The van der Waals surface area contributed by atoms with Crippen LogP contribution in [-0.2, 0) is 9.53 Å². The van der Waals surface area contributed by atoms with Gasteiger partial charge in [-0.25, -0.2) is 4.79 Å². The zero-order chi connectivity index (χ0) is 18.7. The molecule has 0 bridgehead atoms. The van der Waals surface area contributed by atoms with Crippen molar-refractivity contribution in [1.82, 2.24) is 0 Å². The number of aryl methyl sites for hydroxylation is 1. The number of carbonyl (C=O) groups excluding carboxylic acids is 1. The van der Waals surface area contributed by atoms with Crippen LogP contribution in [0.5, 0.6) is 17.2 Å². The first kappa shape index (κ1) is 17.5. The van der Waals surface area contributed by atoms with Crippen molar-refractivity contribution in [2.45, 2.75) is 20.0 Å². The van der Waals surface area contributed by atoms with Gasteiger partial charge < -0.3 is 18.6 Å². The first-order valence-corrected chi connectivity index (χ1v) is 8.02. The molecule has 1 aromatic heterocycles. The van der Waals surface area contributed by atoms with Gasteiger partial charge in [0.15, 0.2) is 6.10 Å². The molecule has 3 aromatic rings. The highest BCUT2D eigenvalue weighted by Crippen LogP contribution is 2.25. The summed E-state index contributed by atoms with van der Waals surface area (Å²) >= 11 is 0. The monoisotopic (exact) mass is 354 g/mol. The predicted molar refractivity (Wildman–Crippen MR) is 95.8 cm³/mol. The van der Waals surface area contributed by atoms with Crippen molar-refractivity contribution >= 4 is 16.9 Å². The Labute approximate surface area is 149 Å². The second-order valence-corrected chi connectivity index (χ2v) is 5.79. The van der Waals surface area contributed by atoms with Crippen LogP contribution in [0, 0.1) is 6.92 Å². The summed E-state index contributed by atoms with van der Waals surface area (Å²) in [6.07, 6.45) is 0.494. The zero-order valence-electron chi connectivity index (χ0n) is 14.6. The van der Waals surface area contributed by atoms with E-state index in [0.717, 1.165) is 5.56 Å². The molecule has 0 aliphatic heterocycles. The molecule has 0 N–H and O–H groups in total. The maximum Gasteiger partial charge on any atom is 0.346 e. The minimum atomic E-state index is -0.770. The standard InChI is InChI=1S/C20H18O6/c1-12-5-4-6-14(9-12)26-18-11-24-17-10-15(7-8-16(17)19(18)21)25-13(2)20(22)23-3/h4-11,13H,1-3H3. The highest BCUT2D eigenvalue weighted by Gasteiger charge is 2.16. The number of benzene rings is 2. The SMILES string of the molecule is COC(=O)C(C)Oc1ccc2c(=O)c(Oc3cccc(C)c3)coc2c1. The van der Waals surface area contributed by atoms with Gasteiger partial charge in [-0.15, -0.1) is 0 Å². The van der Waals surface area contributed by atoms with Crippen LogP contribution in [0.2, 0.25) is 0 Å². The highest BCUT2D eigenvalue weighted by atomic mass is 16.6. The Morgan fingerprint density at radius 3 is 2.65 bits per heavy atom. The second-order valence-electron chi connectivity index (χ2n) is 5.79. The van der Waals surface area contributed by atoms with Crippen LogP contribution in [0.4, 0.5) is 0 Å². The molecule has 0 amide bonds. The molecule has 0 radical (unpaired) electrons. The Morgan fingerprint density at radius 1 is 1.12 bits per heavy atom. The average molecular weight is 354 g/mol. The van der Waals surface area contributed by atoms with E-state index in [4.69, 9.17) is 13.9 Å². The van der Waals surface area contributed by atoms with E-state index < -0.39 is 12.1 Å². The Morgan fingerprint density at radius 2 is 1.92 bits per heavy atom. The van der Waals surface area contributed by atoms with Crippen LogP contribution in [0.1, 0.15) is 12.5 Å². The Balaban J connectivity index is 1.89. The highest BCUT2D eigenvalue weighted by molar-refractivity contribution is 5.79. The molecule has 0 saturated heterocycles. The largest absolute Gasteiger partial charge is 0.479 e. The fourth-order valence-electron chi connectivity index (χ4n) is 2.46. The first-order chi connectivity index (χ1) is 12.5. The van der Waals surface area contributed by atoms with Crippen molar-refractivity contribution in [3.05, 3.63) is 64.5 Å². The average Bonchev–Trinajstić information content (AvgIpc) is 2.63. The van der Waals surface area contributed by atoms with Crippen molar-refractivity contribution in [1.29, 1.82) is 0 Å². The number of methoxy groups -OCH3 is 1. The number of hydrogen-bond acceptors (Lipinski definition) is 6. The molecule has 1 unspecified atom stereocenters.